The predicted octanol–water partition coefficient (Wildman–Crippen LogP) is 3.02. The second-order valence-electron chi connectivity index (χ2n) is 5.94. The van der Waals surface area contributed by atoms with Crippen molar-refractivity contribution in [3.8, 4) is 0 Å². The van der Waals surface area contributed by atoms with Crippen LogP contribution in [-0.4, -0.2) is 48.5 Å². The van der Waals surface area contributed by atoms with Crippen LogP contribution in [0.1, 0.15) is 6.42 Å². The summed E-state index contributed by atoms with van der Waals surface area (Å²) in [6, 6.07) is 10.1. The quantitative estimate of drug-likeness (QED) is 0.888. The third kappa shape index (κ3) is 4.90. The van der Waals surface area contributed by atoms with Gasteiger partial charge in [0, 0.05) is 51.0 Å². The van der Waals surface area contributed by atoms with Crippen molar-refractivity contribution in [1.82, 2.24) is 9.88 Å². The Morgan fingerprint density at radius 3 is 2.68 bits per heavy atom. The lowest BCUT2D eigenvalue weighted by Gasteiger charge is -2.35. The highest BCUT2D eigenvalue weighted by Crippen LogP contribution is 2.19. The Bertz CT molecular complexity index is 720. The summed E-state index contributed by atoms with van der Waals surface area (Å²) in [7, 11) is 0. The summed E-state index contributed by atoms with van der Waals surface area (Å²) < 4.78 is 13.1. The van der Waals surface area contributed by atoms with E-state index in [2.05, 4.69) is 20.1 Å². The van der Waals surface area contributed by atoms with Crippen LogP contribution < -0.4 is 10.2 Å². The van der Waals surface area contributed by atoms with Crippen molar-refractivity contribution >= 4 is 29.0 Å². The summed E-state index contributed by atoms with van der Waals surface area (Å²) in [6.45, 7) is 4.27. The Labute approximate surface area is 151 Å². The molecule has 7 heteroatoms. The van der Waals surface area contributed by atoms with Gasteiger partial charge in [-0.3, -0.25) is 9.69 Å². The molecule has 0 bridgehead atoms. The summed E-state index contributed by atoms with van der Waals surface area (Å²) in [6.07, 6.45) is 2.19. The van der Waals surface area contributed by atoms with Crippen molar-refractivity contribution in [3.05, 3.63) is 53.4 Å². The maximum Gasteiger partial charge on any atom is 0.225 e. The van der Waals surface area contributed by atoms with E-state index in [-0.39, 0.29) is 10.9 Å². The number of piperazine rings is 1. The number of hydrogen-bond donors (Lipinski definition) is 1. The number of anilines is 2. The molecule has 1 aliphatic heterocycles. The number of nitrogens with zero attached hydrogens (tertiary/aromatic N) is 3. The molecule has 1 N–H and O–H groups in total. The van der Waals surface area contributed by atoms with Gasteiger partial charge >= 0.3 is 0 Å². The van der Waals surface area contributed by atoms with Crippen LogP contribution >= 0.6 is 11.6 Å². The van der Waals surface area contributed by atoms with Gasteiger partial charge in [0.2, 0.25) is 5.91 Å². The van der Waals surface area contributed by atoms with Gasteiger partial charge in [0.1, 0.15) is 11.6 Å². The number of rotatable bonds is 5. The monoisotopic (exact) mass is 362 g/mol. The molecular formula is C18H20ClFN4O. The molecule has 0 atom stereocenters. The van der Waals surface area contributed by atoms with E-state index in [4.69, 9.17) is 11.6 Å². The highest BCUT2D eigenvalue weighted by Gasteiger charge is 2.18. The molecule has 1 fully saturated rings. The van der Waals surface area contributed by atoms with Crippen LogP contribution in [0.25, 0.3) is 0 Å². The minimum absolute atomic E-state index is 0.00319. The van der Waals surface area contributed by atoms with Gasteiger partial charge < -0.3 is 10.2 Å². The second-order valence-corrected chi connectivity index (χ2v) is 6.35. The Balaban J connectivity index is 1.42. The number of pyridine rings is 1. The van der Waals surface area contributed by atoms with Crippen LogP contribution in [0.15, 0.2) is 42.6 Å². The summed E-state index contributed by atoms with van der Waals surface area (Å²) in [4.78, 5) is 20.9. The maximum absolute atomic E-state index is 13.1. The SMILES string of the molecule is O=C(CCN1CCN(c2ccccn2)CC1)Nc1ccc(F)c(Cl)c1. The fourth-order valence-corrected chi connectivity index (χ4v) is 2.98. The number of aromatic nitrogens is 1. The first-order valence-corrected chi connectivity index (χ1v) is 8.63. The molecule has 2 aromatic rings. The van der Waals surface area contributed by atoms with E-state index >= 15 is 0 Å². The van der Waals surface area contributed by atoms with E-state index in [1.165, 1.54) is 18.2 Å². The number of carbonyl (C=O) groups excluding carboxylic acids is 1. The zero-order chi connectivity index (χ0) is 17.6. The summed E-state index contributed by atoms with van der Waals surface area (Å²) >= 11 is 5.72. The lowest BCUT2D eigenvalue weighted by molar-refractivity contribution is -0.116. The molecule has 2 heterocycles. The van der Waals surface area contributed by atoms with Crippen molar-refractivity contribution in [2.75, 3.05) is 42.9 Å². The molecule has 0 unspecified atom stereocenters. The van der Waals surface area contributed by atoms with E-state index in [0.717, 1.165) is 32.0 Å². The molecule has 1 saturated heterocycles. The zero-order valence-corrected chi connectivity index (χ0v) is 14.5. The molecule has 25 heavy (non-hydrogen) atoms. The molecule has 3 rings (SSSR count). The predicted molar refractivity (Wildman–Crippen MR) is 97.5 cm³/mol. The lowest BCUT2D eigenvalue weighted by Crippen LogP contribution is -2.47. The third-order valence-corrected chi connectivity index (χ3v) is 4.49. The van der Waals surface area contributed by atoms with Gasteiger partial charge in [-0.15, -0.1) is 0 Å². The average molecular weight is 363 g/mol. The van der Waals surface area contributed by atoms with E-state index in [1.807, 2.05) is 18.2 Å². The number of halogens is 2. The van der Waals surface area contributed by atoms with Gasteiger partial charge in [0.25, 0.3) is 0 Å². The van der Waals surface area contributed by atoms with Crippen LogP contribution in [0, 0.1) is 5.82 Å². The van der Waals surface area contributed by atoms with Gasteiger partial charge in [-0.25, -0.2) is 9.37 Å². The van der Waals surface area contributed by atoms with Crippen molar-refractivity contribution in [3.63, 3.8) is 0 Å². The van der Waals surface area contributed by atoms with Gasteiger partial charge in [0.15, 0.2) is 0 Å². The van der Waals surface area contributed by atoms with Crippen molar-refractivity contribution in [1.29, 1.82) is 0 Å². The number of carbonyl (C=O) groups is 1. The van der Waals surface area contributed by atoms with Crippen LogP contribution in [-0.2, 0) is 4.79 Å². The molecule has 0 radical (unpaired) electrons. The van der Waals surface area contributed by atoms with Crippen molar-refractivity contribution in [2.45, 2.75) is 6.42 Å². The van der Waals surface area contributed by atoms with E-state index in [1.54, 1.807) is 6.20 Å². The summed E-state index contributed by atoms with van der Waals surface area (Å²) in [5.74, 6) is 0.397. The minimum Gasteiger partial charge on any atom is -0.354 e. The topological polar surface area (TPSA) is 48.5 Å². The fourth-order valence-electron chi connectivity index (χ4n) is 2.80. The molecule has 1 amide bonds. The van der Waals surface area contributed by atoms with Crippen molar-refractivity contribution in [2.24, 2.45) is 0 Å². The molecule has 132 valence electrons. The maximum atomic E-state index is 13.1. The molecule has 0 saturated carbocycles. The average Bonchev–Trinajstić information content (AvgIpc) is 2.64. The van der Waals surface area contributed by atoms with E-state index < -0.39 is 5.82 Å². The molecule has 1 aromatic carbocycles. The highest BCUT2D eigenvalue weighted by molar-refractivity contribution is 6.31. The van der Waals surface area contributed by atoms with E-state index in [0.29, 0.717) is 18.7 Å². The largest absolute Gasteiger partial charge is 0.354 e. The van der Waals surface area contributed by atoms with Crippen molar-refractivity contribution < 1.29 is 9.18 Å². The Morgan fingerprint density at radius 2 is 2.00 bits per heavy atom. The number of benzene rings is 1. The Morgan fingerprint density at radius 1 is 1.20 bits per heavy atom. The number of amides is 1. The first kappa shape index (κ1) is 17.6. The zero-order valence-electron chi connectivity index (χ0n) is 13.8. The molecular weight excluding hydrogens is 343 g/mol. The molecule has 0 spiro atoms. The normalized spacial score (nSPS) is 15.2. The van der Waals surface area contributed by atoms with Gasteiger partial charge in [-0.2, -0.15) is 0 Å². The summed E-state index contributed by atoms with van der Waals surface area (Å²) in [5.41, 5.74) is 0.511. The number of nitrogens with one attached hydrogen (secondary N) is 1. The Kier molecular flexibility index (Phi) is 5.83. The molecule has 1 aromatic heterocycles. The third-order valence-electron chi connectivity index (χ3n) is 4.20. The molecule has 0 aliphatic carbocycles. The standard InChI is InChI=1S/C18H20ClFN4O/c19-15-13-14(4-5-16(15)20)22-18(25)6-8-23-9-11-24(12-10-23)17-3-1-2-7-21-17/h1-5,7,13H,6,8-12H2,(H,22,25). The van der Waals surface area contributed by atoms with Crippen LogP contribution in [0.5, 0.6) is 0 Å². The number of hydrogen-bond acceptors (Lipinski definition) is 4. The minimum atomic E-state index is -0.495. The molecule has 1 aliphatic rings. The first-order valence-electron chi connectivity index (χ1n) is 8.25. The highest BCUT2D eigenvalue weighted by atomic mass is 35.5. The van der Waals surface area contributed by atoms with Crippen LogP contribution in [0.3, 0.4) is 0 Å². The lowest BCUT2D eigenvalue weighted by atomic mass is 10.2. The second kappa shape index (κ2) is 8.27. The van der Waals surface area contributed by atoms with Crippen LogP contribution in [0.4, 0.5) is 15.9 Å². The Hall–Kier alpha value is -2.18. The smallest absolute Gasteiger partial charge is 0.225 e. The van der Waals surface area contributed by atoms with Gasteiger partial charge in [0.05, 0.1) is 5.02 Å². The molecule has 5 nitrogen and oxygen atoms in total. The van der Waals surface area contributed by atoms with Gasteiger partial charge in [-0.05, 0) is 30.3 Å². The van der Waals surface area contributed by atoms with Gasteiger partial charge in [-0.1, -0.05) is 17.7 Å². The van der Waals surface area contributed by atoms with E-state index in [9.17, 15) is 9.18 Å². The fraction of sp³-hybridized carbons (Fsp3) is 0.333. The summed E-state index contributed by atoms with van der Waals surface area (Å²) in [5, 5.41) is 2.75. The first-order chi connectivity index (χ1) is 12.1. The van der Waals surface area contributed by atoms with Crippen LogP contribution in [0.2, 0.25) is 5.02 Å².